The van der Waals surface area contributed by atoms with E-state index in [-0.39, 0.29) is 0 Å². The van der Waals surface area contributed by atoms with E-state index in [1.807, 2.05) is 30.3 Å². The summed E-state index contributed by atoms with van der Waals surface area (Å²) in [5.74, 6) is 0.558. The number of nitrogen functional groups attached to an aromatic ring is 1. The number of aromatic nitrogens is 2. The smallest absolute Gasteiger partial charge is 0.200 e. The van der Waals surface area contributed by atoms with E-state index in [1.165, 1.54) is 4.90 Å². The Morgan fingerprint density at radius 3 is 2.28 bits per heavy atom. The minimum atomic E-state index is 0.558. The van der Waals surface area contributed by atoms with Crippen molar-refractivity contribution in [2.24, 2.45) is 7.05 Å². The quantitative estimate of drug-likeness (QED) is 0.860. The number of imidazole rings is 1. The van der Waals surface area contributed by atoms with Crippen LogP contribution in [0.5, 0.6) is 0 Å². The summed E-state index contributed by atoms with van der Waals surface area (Å²) in [7, 11) is 1.93. The highest BCUT2D eigenvalue weighted by Crippen LogP contribution is 2.28. The molecule has 0 fully saturated rings. The molecular weight excluding hydrogens is 242 g/mol. The van der Waals surface area contributed by atoms with Crippen molar-refractivity contribution >= 4 is 17.7 Å². The molecule has 0 aliphatic heterocycles. The summed E-state index contributed by atoms with van der Waals surface area (Å²) in [6.45, 7) is 6.43. The molecular formula is C14H19N3S. The summed E-state index contributed by atoms with van der Waals surface area (Å²) in [4.78, 5) is 5.69. The number of nitrogens with zero attached hydrogens (tertiary/aromatic N) is 2. The van der Waals surface area contributed by atoms with Crippen LogP contribution in [-0.4, -0.2) is 14.8 Å². The molecule has 96 valence electrons. The number of benzene rings is 1. The van der Waals surface area contributed by atoms with Crippen LogP contribution in [0.1, 0.15) is 19.5 Å². The molecule has 2 N–H and O–H groups in total. The standard InChI is InChI=1S/C14H19N3S/c1-9(2)18-12-7-5-11(6-8-12)13-10(3)17(4)14(15)16-13/h5-9H,1-4H3,(H2,15,16). The van der Waals surface area contributed by atoms with Crippen molar-refractivity contribution in [1.29, 1.82) is 0 Å². The van der Waals surface area contributed by atoms with Crippen molar-refractivity contribution in [3.8, 4) is 11.3 Å². The fraction of sp³-hybridized carbons (Fsp3) is 0.357. The highest BCUT2D eigenvalue weighted by Gasteiger charge is 2.10. The molecule has 0 amide bonds. The number of anilines is 1. The third kappa shape index (κ3) is 2.53. The summed E-state index contributed by atoms with van der Waals surface area (Å²) >= 11 is 1.86. The second-order valence-corrected chi connectivity index (χ2v) is 6.30. The van der Waals surface area contributed by atoms with Crippen LogP contribution in [0, 0.1) is 6.92 Å². The van der Waals surface area contributed by atoms with Gasteiger partial charge in [-0.25, -0.2) is 4.98 Å². The summed E-state index contributed by atoms with van der Waals surface area (Å²) in [6.07, 6.45) is 0. The molecule has 2 aromatic rings. The van der Waals surface area contributed by atoms with Gasteiger partial charge in [0.1, 0.15) is 0 Å². The number of nitrogens with two attached hydrogens (primary N) is 1. The van der Waals surface area contributed by atoms with E-state index in [1.54, 1.807) is 0 Å². The Balaban J connectivity index is 2.31. The Labute approximate surface area is 112 Å². The molecule has 0 atom stereocenters. The average Bonchev–Trinajstić information content (AvgIpc) is 2.57. The predicted octanol–water partition coefficient (Wildman–Crippen LogP) is 3.48. The topological polar surface area (TPSA) is 43.8 Å². The Morgan fingerprint density at radius 1 is 1.22 bits per heavy atom. The van der Waals surface area contributed by atoms with Gasteiger partial charge in [-0.05, 0) is 19.1 Å². The Bertz CT molecular complexity index is 541. The molecule has 1 heterocycles. The zero-order valence-electron chi connectivity index (χ0n) is 11.3. The van der Waals surface area contributed by atoms with Crippen molar-refractivity contribution in [3.05, 3.63) is 30.0 Å². The highest BCUT2D eigenvalue weighted by molar-refractivity contribution is 7.99. The number of thioether (sulfide) groups is 1. The maximum absolute atomic E-state index is 5.82. The number of hydrogen-bond donors (Lipinski definition) is 1. The van der Waals surface area contributed by atoms with Gasteiger partial charge in [0.15, 0.2) is 0 Å². The van der Waals surface area contributed by atoms with Gasteiger partial charge in [0.2, 0.25) is 5.95 Å². The minimum Gasteiger partial charge on any atom is -0.369 e. The van der Waals surface area contributed by atoms with Gasteiger partial charge in [0.05, 0.1) is 5.69 Å². The minimum absolute atomic E-state index is 0.558. The van der Waals surface area contributed by atoms with Crippen molar-refractivity contribution in [2.75, 3.05) is 5.73 Å². The first-order valence-electron chi connectivity index (χ1n) is 6.05. The Kier molecular flexibility index (Phi) is 3.66. The third-order valence-electron chi connectivity index (χ3n) is 2.92. The van der Waals surface area contributed by atoms with Crippen molar-refractivity contribution in [3.63, 3.8) is 0 Å². The molecule has 0 spiro atoms. The average molecular weight is 261 g/mol. The molecule has 0 saturated heterocycles. The summed E-state index contributed by atoms with van der Waals surface area (Å²) < 4.78 is 1.91. The molecule has 4 heteroatoms. The summed E-state index contributed by atoms with van der Waals surface area (Å²) in [5, 5.41) is 0.600. The van der Waals surface area contributed by atoms with E-state index in [0.29, 0.717) is 11.2 Å². The first-order valence-corrected chi connectivity index (χ1v) is 6.93. The molecule has 0 aliphatic rings. The van der Waals surface area contributed by atoms with Crippen LogP contribution in [0.15, 0.2) is 29.2 Å². The molecule has 1 aromatic heterocycles. The maximum atomic E-state index is 5.82. The lowest BCUT2D eigenvalue weighted by atomic mass is 10.1. The lowest BCUT2D eigenvalue weighted by Gasteiger charge is -2.06. The monoisotopic (exact) mass is 261 g/mol. The normalized spacial score (nSPS) is 11.2. The van der Waals surface area contributed by atoms with Gasteiger partial charge in [-0.3, -0.25) is 0 Å². The van der Waals surface area contributed by atoms with E-state index in [2.05, 4.69) is 43.1 Å². The first kappa shape index (κ1) is 13.0. The van der Waals surface area contributed by atoms with Crippen molar-refractivity contribution in [1.82, 2.24) is 9.55 Å². The zero-order valence-corrected chi connectivity index (χ0v) is 12.1. The molecule has 0 radical (unpaired) electrons. The van der Waals surface area contributed by atoms with Gasteiger partial charge in [-0.1, -0.05) is 26.0 Å². The molecule has 0 unspecified atom stereocenters. The molecule has 0 aliphatic carbocycles. The second-order valence-electron chi connectivity index (χ2n) is 4.65. The van der Waals surface area contributed by atoms with Crippen LogP contribution in [-0.2, 0) is 7.05 Å². The maximum Gasteiger partial charge on any atom is 0.200 e. The van der Waals surface area contributed by atoms with Gasteiger partial charge >= 0.3 is 0 Å². The Hall–Kier alpha value is -1.42. The SMILES string of the molecule is Cc1c(-c2ccc(SC(C)C)cc2)nc(N)n1C. The van der Waals surface area contributed by atoms with Crippen LogP contribution < -0.4 is 5.73 Å². The van der Waals surface area contributed by atoms with E-state index >= 15 is 0 Å². The van der Waals surface area contributed by atoms with Crippen LogP contribution in [0.2, 0.25) is 0 Å². The molecule has 2 rings (SSSR count). The molecule has 0 saturated carbocycles. The summed E-state index contributed by atoms with van der Waals surface area (Å²) in [6, 6.07) is 8.51. The van der Waals surface area contributed by atoms with Gasteiger partial charge in [0.25, 0.3) is 0 Å². The van der Waals surface area contributed by atoms with Gasteiger partial charge in [-0.2, -0.15) is 0 Å². The number of rotatable bonds is 3. The summed E-state index contributed by atoms with van der Waals surface area (Å²) in [5.41, 5.74) is 9.00. The highest BCUT2D eigenvalue weighted by atomic mass is 32.2. The molecule has 3 nitrogen and oxygen atoms in total. The first-order chi connectivity index (χ1) is 8.49. The van der Waals surface area contributed by atoms with Gasteiger partial charge in [-0.15, -0.1) is 11.8 Å². The van der Waals surface area contributed by atoms with Gasteiger partial charge in [0, 0.05) is 28.5 Å². The largest absolute Gasteiger partial charge is 0.369 e. The second kappa shape index (κ2) is 5.06. The molecule has 0 bridgehead atoms. The van der Waals surface area contributed by atoms with E-state index in [0.717, 1.165) is 17.0 Å². The van der Waals surface area contributed by atoms with E-state index in [4.69, 9.17) is 5.73 Å². The van der Waals surface area contributed by atoms with Crippen LogP contribution in [0.25, 0.3) is 11.3 Å². The lowest BCUT2D eigenvalue weighted by Crippen LogP contribution is -1.97. The zero-order chi connectivity index (χ0) is 13.3. The van der Waals surface area contributed by atoms with Crippen LogP contribution in [0.3, 0.4) is 0 Å². The van der Waals surface area contributed by atoms with Crippen molar-refractivity contribution in [2.45, 2.75) is 30.9 Å². The van der Waals surface area contributed by atoms with E-state index in [9.17, 15) is 0 Å². The van der Waals surface area contributed by atoms with Crippen LogP contribution >= 0.6 is 11.8 Å². The van der Waals surface area contributed by atoms with E-state index < -0.39 is 0 Å². The third-order valence-corrected chi connectivity index (χ3v) is 3.93. The fourth-order valence-electron chi connectivity index (χ4n) is 1.84. The fourth-order valence-corrected chi connectivity index (χ4v) is 2.68. The van der Waals surface area contributed by atoms with Crippen molar-refractivity contribution < 1.29 is 0 Å². The lowest BCUT2D eigenvalue weighted by molar-refractivity contribution is 0.889. The molecule has 18 heavy (non-hydrogen) atoms. The predicted molar refractivity (Wildman–Crippen MR) is 78.8 cm³/mol. The number of hydrogen-bond acceptors (Lipinski definition) is 3. The van der Waals surface area contributed by atoms with Gasteiger partial charge < -0.3 is 10.3 Å². The molecule has 1 aromatic carbocycles. The Morgan fingerprint density at radius 2 is 1.83 bits per heavy atom. The van der Waals surface area contributed by atoms with Crippen LogP contribution in [0.4, 0.5) is 5.95 Å².